The lowest BCUT2D eigenvalue weighted by Gasteiger charge is -2.44. The molecule has 94 valence electrons. The van der Waals surface area contributed by atoms with E-state index in [1.807, 2.05) is 0 Å². The molecule has 1 heterocycles. The van der Waals surface area contributed by atoms with E-state index in [9.17, 15) is 0 Å². The quantitative estimate of drug-likeness (QED) is 0.849. The molecule has 1 fully saturated rings. The molecular formula is C15H24N2. The minimum absolute atomic E-state index is 0.279. The monoisotopic (exact) mass is 232 g/mol. The molecule has 2 rings (SSSR count). The lowest BCUT2D eigenvalue weighted by Crippen LogP contribution is -2.53. The third kappa shape index (κ3) is 3.08. The number of nitrogens with zero attached hydrogens (tertiary/aromatic N) is 1. The van der Waals surface area contributed by atoms with E-state index >= 15 is 0 Å². The van der Waals surface area contributed by atoms with E-state index in [-0.39, 0.29) is 5.54 Å². The van der Waals surface area contributed by atoms with Gasteiger partial charge in [-0.1, -0.05) is 29.8 Å². The maximum Gasteiger partial charge on any atom is 0.0239 e. The van der Waals surface area contributed by atoms with Crippen molar-refractivity contribution in [1.82, 2.24) is 4.90 Å². The molecular weight excluding hydrogens is 208 g/mol. The summed E-state index contributed by atoms with van der Waals surface area (Å²) in [5, 5.41) is 0. The van der Waals surface area contributed by atoms with Crippen LogP contribution in [0.5, 0.6) is 0 Å². The molecule has 2 nitrogen and oxygen atoms in total. The minimum atomic E-state index is 0.279. The standard InChI is InChI=1S/C15H24N2/c1-12-4-6-13(7-5-12)10-17-11-14(16)8-9-15(17,2)3/h4-7,14H,8-11,16H2,1-3H3. The number of rotatable bonds is 2. The molecule has 0 aromatic heterocycles. The molecule has 1 atom stereocenters. The summed E-state index contributed by atoms with van der Waals surface area (Å²) in [6, 6.07) is 9.17. The van der Waals surface area contributed by atoms with Gasteiger partial charge in [0.2, 0.25) is 0 Å². The second-order valence-electron chi connectivity index (χ2n) is 5.98. The smallest absolute Gasteiger partial charge is 0.0239 e. The van der Waals surface area contributed by atoms with Gasteiger partial charge in [-0.3, -0.25) is 4.90 Å². The topological polar surface area (TPSA) is 29.3 Å². The maximum absolute atomic E-state index is 6.08. The zero-order valence-corrected chi connectivity index (χ0v) is 11.2. The number of benzene rings is 1. The van der Waals surface area contributed by atoms with Crippen LogP contribution in [0, 0.1) is 6.92 Å². The highest BCUT2D eigenvalue weighted by Crippen LogP contribution is 2.28. The normalized spacial score (nSPS) is 24.8. The van der Waals surface area contributed by atoms with Gasteiger partial charge >= 0.3 is 0 Å². The van der Waals surface area contributed by atoms with Gasteiger partial charge < -0.3 is 5.73 Å². The predicted molar refractivity (Wildman–Crippen MR) is 72.9 cm³/mol. The van der Waals surface area contributed by atoms with Gasteiger partial charge in [-0.2, -0.15) is 0 Å². The van der Waals surface area contributed by atoms with Crippen molar-refractivity contribution in [1.29, 1.82) is 0 Å². The molecule has 0 aliphatic carbocycles. The molecule has 1 unspecified atom stereocenters. The van der Waals surface area contributed by atoms with E-state index in [0.29, 0.717) is 6.04 Å². The molecule has 0 amide bonds. The van der Waals surface area contributed by atoms with Crippen LogP contribution in [0.4, 0.5) is 0 Å². The van der Waals surface area contributed by atoms with E-state index in [1.165, 1.54) is 17.5 Å². The highest BCUT2D eigenvalue weighted by molar-refractivity contribution is 5.21. The first-order chi connectivity index (χ1) is 7.97. The van der Waals surface area contributed by atoms with Crippen molar-refractivity contribution < 1.29 is 0 Å². The highest BCUT2D eigenvalue weighted by Gasteiger charge is 2.32. The summed E-state index contributed by atoms with van der Waals surface area (Å²) < 4.78 is 0. The lowest BCUT2D eigenvalue weighted by atomic mass is 9.88. The summed E-state index contributed by atoms with van der Waals surface area (Å²) in [4.78, 5) is 2.52. The van der Waals surface area contributed by atoms with Crippen LogP contribution in [-0.2, 0) is 6.54 Å². The largest absolute Gasteiger partial charge is 0.327 e. The van der Waals surface area contributed by atoms with Crippen molar-refractivity contribution in [3.63, 3.8) is 0 Å². The van der Waals surface area contributed by atoms with Crippen LogP contribution < -0.4 is 5.73 Å². The van der Waals surface area contributed by atoms with Gasteiger partial charge in [-0.05, 0) is 39.2 Å². The Bertz CT molecular complexity index is 367. The summed E-state index contributed by atoms with van der Waals surface area (Å²) in [7, 11) is 0. The molecule has 1 aromatic rings. The Labute approximate surface area is 105 Å². The van der Waals surface area contributed by atoms with Gasteiger partial charge in [0, 0.05) is 24.7 Å². The molecule has 2 N–H and O–H groups in total. The number of likely N-dealkylation sites (tertiary alicyclic amines) is 1. The second-order valence-corrected chi connectivity index (χ2v) is 5.98. The molecule has 0 saturated carbocycles. The summed E-state index contributed by atoms with van der Waals surface area (Å²) >= 11 is 0. The molecule has 1 saturated heterocycles. The SMILES string of the molecule is Cc1ccc(CN2CC(N)CCC2(C)C)cc1. The zero-order chi connectivity index (χ0) is 12.5. The highest BCUT2D eigenvalue weighted by atomic mass is 15.2. The Balaban J connectivity index is 2.08. The van der Waals surface area contributed by atoms with Gasteiger partial charge in [0.1, 0.15) is 0 Å². The molecule has 0 radical (unpaired) electrons. The molecule has 0 bridgehead atoms. The van der Waals surface area contributed by atoms with Crippen LogP contribution in [0.25, 0.3) is 0 Å². The van der Waals surface area contributed by atoms with Crippen LogP contribution in [0.2, 0.25) is 0 Å². The van der Waals surface area contributed by atoms with Gasteiger partial charge in [0.15, 0.2) is 0 Å². The number of aryl methyl sites for hydroxylation is 1. The molecule has 0 spiro atoms. The van der Waals surface area contributed by atoms with E-state index in [4.69, 9.17) is 5.73 Å². The maximum atomic E-state index is 6.08. The fourth-order valence-electron chi connectivity index (χ4n) is 2.51. The van der Waals surface area contributed by atoms with Crippen LogP contribution in [-0.4, -0.2) is 23.0 Å². The zero-order valence-electron chi connectivity index (χ0n) is 11.2. The van der Waals surface area contributed by atoms with Crippen molar-refractivity contribution in [3.8, 4) is 0 Å². The molecule has 1 aliphatic heterocycles. The van der Waals surface area contributed by atoms with Crippen molar-refractivity contribution in [2.24, 2.45) is 5.73 Å². The average Bonchev–Trinajstić information content (AvgIpc) is 2.27. The number of hydrogen-bond acceptors (Lipinski definition) is 2. The fourth-order valence-corrected chi connectivity index (χ4v) is 2.51. The Morgan fingerprint density at radius 2 is 1.94 bits per heavy atom. The van der Waals surface area contributed by atoms with Gasteiger partial charge in [-0.25, -0.2) is 0 Å². The van der Waals surface area contributed by atoms with E-state index in [0.717, 1.165) is 19.5 Å². The van der Waals surface area contributed by atoms with Crippen molar-refractivity contribution >= 4 is 0 Å². The Kier molecular flexibility index (Phi) is 3.55. The summed E-state index contributed by atoms with van der Waals surface area (Å²) in [5.41, 5.74) is 9.07. The average molecular weight is 232 g/mol. The number of piperidine rings is 1. The third-order valence-corrected chi connectivity index (χ3v) is 3.93. The van der Waals surface area contributed by atoms with E-state index in [1.54, 1.807) is 0 Å². The van der Waals surface area contributed by atoms with Crippen molar-refractivity contribution in [3.05, 3.63) is 35.4 Å². The third-order valence-electron chi connectivity index (χ3n) is 3.93. The Hall–Kier alpha value is -0.860. The summed E-state index contributed by atoms with van der Waals surface area (Å²) in [6.07, 6.45) is 2.34. The number of nitrogens with two attached hydrogens (primary N) is 1. The first kappa shape index (κ1) is 12.6. The molecule has 17 heavy (non-hydrogen) atoms. The first-order valence-corrected chi connectivity index (χ1v) is 6.53. The van der Waals surface area contributed by atoms with Gasteiger partial charge in [0.25, 0.3) is 0 Å². The van der Waals surface area contributed by atoms with Crippen molar-refractivity contribution in [2.75, 3.05) is 6.54 Å². The van der Waals surface area contributed by atoms with Crippen LogP contribution >= 0.6 is 0 Å². The molecule has 1 aromatic carbocycles. The van der Waals surface area contributed by atoms with Gasteiger partial charge in [-0.15, -0.1) is 0 Å². The van der Waals surface area contributed by atoms with E-state index < -0.39 is 0 Å². The molecule has 2 heteroatoms. The van der Waals surface area contributed by atoms with Crippen LogP contribution in [0.3, 0.4) is 0 Å². The van der Waals surface area contributed by atoms with Crippen LogP contribution in [0.15, 0.2) is 24.3 Å². The Morgan fingerprint density at radius 3 is 2.59 bits per heavy atom. The van der Waals surface area contributed by atoms with Crippen LogP contribution in [0.1, 0.15) is 37.8 Å². The minimum Gasteiger partial charge on any atom is -0.327 e. The summed E-state index contributed by atoms with van der Waals surface area (Å²) in [5.74, 6) is 0. The fraction of sp³-hybridized carbons (Fsp3) is 0.600. The van der Waals surface area contributed by atoms with E-state index in [2.05, 4.69) is 49.9 Å². The second kappa shape index (κ2) is 4.79. The lowest BCUT2D eigenvalue weighted by molar-refractivity contribution is 0.0586. The van der Waals surface area contributed by atoms with Crippen molar-refractivity contribution in [2.45, 2.75) is 51.7 Å². The Morgan fingerprint density at radius 1 is 1.29 bits per heavy atom. The number of hydrogen-bond donors (Lipinski definition) is 1. The van der Waals surface area contributed by atoms with Gasteiger partial charge in [0.05, 0.1) is 0 Å². The predicted octanol–water partition coefficient (Wildman–Crippen LogP) is 2.70. The molecule has 1 aliphatic rings. The summed E-state index contributed by atoms with van der Waals surface area (Å²) in [6.45, 7) is 8.81. The first-order valence-electron chi connectivity index (χ1n) is 6.53.